The van der Waals surface area contributed by atoms with Crippen LogP contribution in [0.15, 0.2) is 11.6 Å². The number of amides is 1. The van der Waals surface area contributed by atoms with E-state index in [-0.39, 0.29) is 17.5 Å². The molecule has 1 aliphatic heterocycles. The Morgan fingerprint density at radius 1 is 1.45 bits per heavy atom. The molecule has 3 atom stereocenters. The number of carbonyl (C=O) groups is 1. The van der Waals surface area contributed by atoms with Gasteiger partial charge >= 0.3 is 0 Å². The number of thiazole rings is 1. The predicted molar refractivity (Wildman–Crippen MR) is 80.6 cm³/mol. The summed E-state index contributed by atoms with van der Waals surface area (Å²) < 4.78 is 0. The lowest BCUT2D eigenvalue weighted by atomic mass is 9.85. The Bertz CT molecular complexity index is 457. The number of aromatic nitrogens is 1. The molecule has 2 aliphatic rings. The summed E-state index contributed by atoms with van der Waals surface area (Å²) in [7, 11) is 0. The van der Waals surface area contributed by atoms with Crippen molar-refractivity contribution in [2.75, 3.05) is 0 Å². The highest BCUT2D eigenvalue weighted by Gasteiger charge is 2.39. The fourth-order valence-electron chi connectivity index (χ4n) is 3.50. The Morgan fingerprint density at radius 2 is 2.25 bits per heavy atom. The Hall–Kier alpha value is -0.940. The highest BCUT2D eigenvalue weighted by molar-refractivity contribution is 7.09. The standard InChI is InChI=1S/C15H23N3OS/c1-15(2,14-16-7-8-20-14)18-13(19)12-9-10-5-3-4-6-11(10)17-12/h7-8,10-12,17H,3-6,9H2,1-2H3,(H,18,19). The molecule has 20 heavy (non-hydrogen) atoms. The van der Waals surface area contributed by atoms with E-state index in [4.69, 9.17) is 0 Å². The molecule has 2 fully saturated rings. The molecular weight excluding hydrogens is 270 g/mol. The van der Waals surface area contributed by atoms with Gasteiger partial charge < -0.3 is 10.6 Å². The first-order chi connectivity index (χ1) is 9.56. The minimum absolute atomic E-state index is 0.0256. The first-order valence-electron chi connectivity index (χ1n) is 7.54. The van der Waals surface area contributed by atoms with Gasteiger partial charge in [0.25, 0.3) is 0 Å². The van der Waals surface area contributed by atoms with Gasteiger partial charge in [0.05, 0.1) is 11.6 Å². The van der Waals surface area contributed by atoms with E-state index in [1.807, 2.05) is 19.2 Å². The van der Waals surface area contributed by atoms with Crippen molar-refractivity contribution in [3.8, 4) is 0 Å². The maximum Gasteiger partial charge on any atom is 0.237 e. The third-order valence-corrected chi connectivity index (χ3v) is 5.68. The molecule has 1 amide bonds. The van der Waals surface area contributed by atoms with Crippen LogP contribution in [0.1, 0.15) is 51.0 Å². The molecule has 1 aromatic rings. The molecule has 110 valence electrons. The van der Waals surface area contributed by atoms with Crippen LogP contribution >= 0.6 is 11.3 Å². The molecule has 0 radical (unpaired) electrons. The lowest BCUT2D eigenvalue weighted by Crippen LogP contribution is -2.49. The van der Waals surface area contributed by atoms with Crippen LogP contribution in [0.25, 0.3) is 0 Å². The van der Waals surface area contributed by atoms with Crippen molar-refractivity contribution >= 4 is 17.2 Å². The van der Waals surface area contributed by atoms with Crippen molar-refractivity contribution in [1.82, 2.24) is 15.6 Å². The van der Waals surface area contributed by atoms with E-state index in [9.17, 15) is 4.79 Å². The highest BCUT2D eigenvalue weighted by Crippen LogP contribution is 2.33. The predicted octanol–water partition coefficient (Wildman–Crippen LogP) is 2.42. The van der Waals surface area contributed by atoms with E-state index in [0.717, 1.165) is 11.4 Å². The molecule has 4 nitrogen and oxygen atoms in total. The van der Waals surface area contributed by atoms with Crippen molar-refractivity contribution in [1.29, 1.82) is 0 Å². The molecule has 2 N–H and O–H groups in total. The molecule has 1 saturated heterocycles. The summed E-state index contributed by atoms with van der Waals surface area (Å²) in [5.41, 5.74) is -0.388. The van der Waals surface area contributed by atoms with Crippen molar-refractivity contribution in [2.24, 2.45) is 5.92 Å². The van der Waals surface area contributed by atoms with Gasteiger partial charge in [-0.3, -0.25) is 4.79 Å². The lowest BCUT2D eigenvalue weighted by molar-refractivity contribution is -0.124. The number of carbonyl (C=O) groups excluding carboxylic acids is 1. The topological polar surface area (TPSA) is 54.0 Å². The van der Waals surface area contributed by atoms with E-state index >= 15 is 0 Å². The fraction of sp³-hybridized carbons (Fsp3) is 0.733. The number of rotatable bonds is 3. The van der Waals surface area contributed by atoms with Gasteiger partial charge in [-0.05, 0) is 39.0 Å². The average Bonchev–Trinajstić information content (AvgIpc) is 3.07. The molecule has 0 bridgehead atoms. The van der Waals surface area contributed by atoms with Gasteiger partial charge in [-0.2, -0.15) is 0 Å². The minimum Gasteiger partial charge on any atom is -0.343 e. The summed E-state index contributed by atoms with van der Waals surface area (Å²) in [6.07, 6.45) is 7.90. The Kier molecular flexibility index (Phi) is 3.82. The second-order valence-corrected chi connectivity index (χ2v) is 7.45. The van der Waals surface area contributed by atoms with E-state index in [1.165, 1.54) is 25.7 Å². The maximum absolute atomic E-state index is 12.5. The number of nitrogens with zero attached hydrogens (tertiary/aromatic N) is 1. The molecule has 5 heteroatoms. The molecule has 1 aliphatic carbocycles. The zero-order valence-corrected chi connectivity index (χ0v) is 13.0. The largest absolute Gasteiger partial charge is 0.343 e. The highest BCUT2D eigenvalue weighted by atomic mass is 32.1. The van der Waals surface area contributed by atoms with Crippen molar-refractivity contribution in [2.45, 2.75) is 63.6 Å². The van der Waals surface area contributed by atoms with Crippen LogP contribution < -0.4 is 10.6 Å². The summed E-state index contributed by atoms with van der Waals surface area (Å²) in [4.78, 5) is 16.8. The van der Waals surface area contributed by atoms with Gasteiger partial charge in [-0.25, -0.2) is 4.98 Å². The Labute approximate surface area is 124 Å². The summed E-state index contributed by atoms with van der Waals surface area (Å²) in [5.74, 6) is 0.821. The van der Waals surface area contributed by atoms with Crippen LogP contribution in [0, 0.1) is 5.92 Å². The number of nitrogens with one attached hydrogen (secondary N) is 2. The summed E-state index contributed by atoms with van der Waals surface area (Å²) >= 11 is 1.59. The fourth-order valence-corrected chi connectivity index (χ4v) is 4.22. The molecule has 3 rings (SSSR count). The molecule has 1 aromatic heterocycles. The SMILES string of the molecule is CC(C)(NC(=O)C1CC2CCCCC2N1)c1nccs1. The summed E-state index contributed by atoms with van der Waals surface area (Å²) in [6.45, 7) is 4.04. The van der Waals surface area contributed by atoms with Crippen LogP contribution in [0.5, 0.6) is 0 Å². The molecular formula is C15H23N3OS. The van der Waals surface area contributed by atoms with Crippen molar-refractivity contribution in [3.05, 3.63) is 16.6 Å². The van der Waals surface area contributed by atoms with Crippen LogP contribution in [0.3, 0.4) is 0 Å². The van der Waals surface area contributed by atoms with Gasteiger partial charge in [0, 0.05) is 17.6 Å². The Balaban J connectivity index is 1.62. The molecule has 1 saturated carbocycles. The Morgan fingerprint density at radius 3 is 2.95 bits per heavy atom. The summed E-state index contributed by atoms with van der Waals surface area (Å²) in [5, 5.41) is 9.60. The first kappa shape index (κ1) is 14.0. The van der Waals surface area contributed by atoms with Gasteiger partial charge in [-0.15, -0.1) is 11.3 Å². The molecule has 2 heterocycles. The quantitative estimate of drug-likeness (QED) is 0.900. The van der Waals surface area contributed by atoms with Gasteiger partial charge in [0.1, 0.15) is 5.01 Å². The van der Waals surface area contributed by atoms with Crippen LogP contribution in [-0.4, -0.2) is 23.0 Å². The summed E-state index contributed by atoms with van der Waals surface area (Å²) in [6, 6.07) is 0.532. The third kappa shape index (κ3) is 2.74. The smallest absolute Gasteiger partial charge is 0.237 e. The molecule has 3 unspecified atom stereocenters. The van der Waals surface area contributed by atoms with E-state index < -0.39 is 0 Å². The van der Waals surface area contributed by atoms with E-state index in [1.54, 1.807) is 17.5 Å². The second kappa shape index (κ2) is 5.45. The second-order valence-electron chi connectivity index (χ2n) is 6.56. The lowest BCUT2D eigenvalue weighted by Gasteiger charge is -2.26. The zero-order valence-electron chi connectivity index (χ0n) is 12.2. The minimum atomic E-state index is -0.388. The van der Waals surface area contributed by atoms with Crippen molar-refractivity contribution < 1.29 is 4.79 Å². The normalized spacial score (nSPS) is 30.0. The average molecular weight is 293 g/mol. The zero-order chi connectivity index (χ0) is 14.2. The van der Waals surface area contributed by atoms with E-state index in [2.05, 4.69) is 15.6 Å². The number of hydrogen-bond acceptors (Lipinski definition) is 4. The van der Waals surface area contributed by atoms with Gasteiger partial charge in [0.15, 0.2) is 0 Å². The van der Waals surface area contributed by atoms with Crippen molar-refractivity contribution in [3.63, 3.8) is 0 Å². The van der Waals surface area contributed by atoms with Crippen LogP contribution in [0.2, 0.25) is 0 Å². The monoisotopic (exact) mass is 293 g/mol. The van der Waals surface area contributed by atoms with Crippen LogP contribution in [0.4, 0.5) is 0 Å². The first-order valence-corrected chi connectivity index (χ1v) is 8.42. The molecule has 0 aromatic carbocycles. The van der Waals surface area contributed by atoms with Gasteiger partial charge in [0.2, 0.25) is 5.91 Å². The molecule has 0 spiro atoms. The van der Waals surface area contributed by atoms with Crippen LogP contribution in [-0.2, 0) is 10.3 Å². The van der Waals surface area contributed by atoms with E-state index in [0.29, 0.717) is 12.0 Å². The third-order valence-electron chi connectivity index (χ3n) is 4.58. The number of hydrogen-bond donors (Lipinski definition) is 2. The maximum atomic E-state index is 12.5. The van der Waals surface area contributed by atoms with Gasteiger partial charge in [-0.1, -0.05) is 12.8 Å². The number of fused-ring (bicyclic) bond motifs is 1.